The maximum absolute atomic E-state index is 12.0. The molecular weight excluding hydrogens is 344 g/mol. The van der Waals surface area contributed by atoms with Crippen molar-refractivity contribution in [1.29, 1.82) is 0 Å². The zero-order valence-electron chi connectivity index (χ0n) is 14.5. The molecule has 0 aliphatic heterocycles. The van der Waals surface area contributed by atoms with Crippen LogP contribution in [0.2, 0.25) is 5.02 Å². The second-order valence-corrected chi connectivity index (χ2v) is 5.26. The van der Waals surface area contributed by atoms with Crippen molar-refractivity contribution in [2.45, 2.75) is 26.8 Å². The Kier molecular flexibility index (Phi) is 7.88. The molecule has 0 radical (unpaired) electrons. The lowest BCUT2D eigenvalue weighted by molar-refractivity contribution is -0.142. The summed E-state index contributed by atoms with van der Waals surface area (Å²) in [5.41, 5.74) is 1.20. The van der Waals surface area contributed by atoms with E-state index in [0.29, 0.717) is 10.6 Å². The van der Waals surface area contributed by atoms with E-state index in [2.05, 4.69) is 15.0 Å². The van der Waals surface area contributed by atoms with Crippen molar-refractivity contribution >= 4 is 23.5 Å². The first-order valence-electron chi connectivity index (χ1n) is 7.76. The number of halogens is 1. The highest BCUT2D eigenvalue weighted by Gasteiger charge is 2.20. The Hall–Kier alpha value is -2.60. The lowest BCUT2D eigenvalue weighted by atomic mass is 10.1. The SMILES string of the molecule is CC.COC(=O)C(C)NC(=O)c1ncc(-c2cccc(Cl)c2)cc1O. The molecule has 0 aliphatic carbocycles. The Labute approximate surface area is 151 Å². The highest BCUT2D eigenvalue weighted by Crippen LogP contribution is 2.26. The summed E-state index contributed by atoms with van der Waals surface area (Å²) in [4.78, 5) is 27.3. The molecule has 0 saturated carbocycles. The van der Waals surface area contributed by atoms with Crippen LogP contribution in [0.4, 0.5) is 0 Å². The fraction of sp³-hybridized carbons (Fsp3) is 0.278. The van der Waals surface area contributed by atoms with E-state index in [0.717, 1.165) is 5.56 Å². The second-order valence-electron chi connectivity index (χ2n) is 4.82. The number of nitrogens with zero attached hydrogens (tertiary/aromatic N) is 1. The summed E-state index contributed by atoms with van der Waals surface area (Å²) in [5.74, 6) is -1.55. The van der Waals surface area contributed by atoms with E-state index in [9.17, 15) is 14.7 Å². The van der Waals surface area contributed by atoms with Crippen LogP contribution in [0, 0.1) is 0 Å². The van der Waals surface area contributed by atoms with E-state index in [4.69, 9.17) is 11.6 Å². The first-order valence-corrected chi connectivity index (χ1v) is 8.14. The Bertz CT molecular complexity index is 750. The van der Waals surface area contributed by atoms with Gasteiger partial charge in [-0.2, -0.15) is 0 Å². The number of amides is 1. The average Bonchev–Trinajstić information content (AvgIpc) is 2.62. The first-order chi connectivity index (χ1) is 11.9. The van der Waals surface area contributed by atoms with Gasteiger partial charge in [0.2, 0.25) is 0 Å². The smallest absolute Gasteiger partial charge is 0.328 e. The minimum Gasteiger partial charge on any atom is -0.505 e. The van der Waals surface area contributed by atoms with Gasteiger partial charge < -0.3 is 15.2 Å². The number of pyridine rings is 1. The normalized spacial score (nSPS) is 10.9. The van der Waals surface area contributed by atoms with Gasteiger partial charge in [0.1, 0.15) is 11.8 Å². The zero-order chi connectivity index (χ0) is 19.0. The first kappa shape index (κ1) is 20.4. The molecular formula is C18H21ClN2O4. The van der Waals surface area contributed by atoms with Crippen molar-refractivity contribution in [3.8, 4) is 16.9 Å². The number of aromatic hydroxyl groups is 1. The quantitative estimate of drug-likeness (QED) is 0.811. The molecule has 2 aromatic rings. The summed E-state index contributed by atoms with van der Waals surface area (Å²) in [5, 5.41) is 13.0. The van der Waals surface area contributed by atoms with Crippen molar-refractivity contribution in [2.24, 2.45) is 0 Å². The van der Waals surface area contributed by atoms with Crippen molar-refractivity contribution < 1.29 is 19.4 Å². The van der Waals surface area contributed by atoms with E-state index in [1.165, 1.54) is 26.3 Å². The number of nitrogens with one attached hydrogen (secondary N) is 1. The number of carbonyl (C=O) groups is 2. The minimum absolute atomic E-state index is 0.175. The Morgan fingerprint density at radius 3 is 2.48 bits per heavy atom. The van der Waals surface area contributed by atoms with Crippen LogP contribution in [0.3, 0.4) is 0 Å². The third-order valence-electron chi connectivity index (χ3n) is 3.14. The van der Waals surface area contributed by atoms with Gasteiger partial charge >= 0.3 is 5.97 Å². The number of esters is 1. The lowest BCUT2D eigenvalue weighted by Crippen LogP contribution is -2.39. The highest BCUT2D eigenvalue weighted by atomic mass is 35.5. The molecule has 0 saturated heterocycles. The molecule has 1 aromatic heterocycles. The molecule has 2 N–H and O–H groups in total. The summed E-state index contributed by atoms with van der Waals surface area (Å²) in [7, 11) is 1.22. The largest absolute Gasteiger partial charge is 0.505 e. The van der Waals surface area contributed by atoms with Crippen molar-refractivity contribution in [1.82, 2.24) is 10.3 Å². The van der Waals surface area contributed by atoms with Crippen LogP contribution >= 0.6 is 11.6 Å². The molecule has 1 atom stereocenters. The van der Waals surface area contributed by atoms with Gasteiger partial charge in [0.05, 0.1) is 7.11 Å². The molecule has 0 fully saturated rings. The number of methoxy groups -OCH3 is 1. The molecule has 1 amide bonds. The lowest BCUT2D eigenvalue weighted by Gasteiger charge is -2.12. The molecule has 6 nitrogen and oxygen atoms in total. The number of hydrogen-bond donors (Lipinski definition) is 2. The molecule has 1 aromatic carbocycles. The fourth-order valence-corrected chi connectivity index (χ4v) is 2.14. The summed E-state index contributed by atoms with van der Waals surface area (Å²) in [6.07, 6.45) is 1.45. The molecule has 0 bridgehead atoms. The third-order valence-corrected chi connectivity index (χ3v) is 3.38. The van der Waals surface area contributed by atoms with Crippen LogP contribution < -0.4 is 5.32 Å². The number of aromatic nitrogens is 1. The Morgan fingerprint density at radius 1 is 1.24 bits per heavy atom. The van der Waals surface area contributed by atoms with Crippen LogP contribution in [0.25, 0.3) is 11.1 Å². The molecule has 2 rings (SSSR count). The molecule has 1 unspecified atom stereocenters. The summed E-state index contributed by atoms with van der Waals surface area (Å²) >= 11 is 5.93. The number of hydrogen-bond acceptors (Lipinski definition) is 5. The molecule has 0 aliphatic rings. The number of rotatable bonds is 4. The van der Waals surface area contributed by atoms with Gasteiger partial charge in [0.25, 0.3) is 5.91 Å². The van der Waals surface area contributed by atoms with Crippen LogP contribution in [0.5, 0.6) is 5.75 Å². The standard InChI is InChI=1S/C16H15ClN2O4.C2H6/c1-9(16(22)23-2)19-15(21)14-13(20)7-11(8-18-14)10-4-3-5-12(17)6-10;1-2/h3-9,20H,1-2H3,(H,19,21);1-2H3. The average molecular weight is 365 g/mol. The van der Waals surface area contributed by atoms with Gasteiger partial charge in [-0.3, -0.25) is 4.79 Å². The van der Waals surface area contributed by atoms with Crippen LogP contribution in [0.15, 0.2) is 36.5 Å². The molecule has 134 valence electrons. The maximum Gasteiger partial charge on any atom is 0.328 e. The van der Waals surface area contributed by atoms with Crippen LogP contribution in [0.1, 0.15) is 31.3 Å². The predicted octanol–water partition coefficient (Wildman–Crippen LogP) is 3.43. The van der Waals surface area contributed by atoms with E-state index < -0.39 is 17.9 Å². The topological polar surface area (TPSA) is 88.5 Å². The van der Waals surface area contributed by atoms with Gasteiger partial charge in [-0.1, -0.05) is 37.6 Å². The van der Waals surface area contributed by atoms with Gasteiger partial charge in [0, 0.05) is 16.8 Å². The third kappa shape index (κ3) is 5.46. The Morgan fingerprint density at radius 2 is 1.92 bits per heavy atom. The number of benzene rings is 1. The van der Waals surface area contributed by atoms with Gasteiger partial charge in [-0.05, 0) is 30.7 Å². The van der Waals surface area contributed by atoms with Crippen LogP contribution in [-0.2, 0) is 9.53 Å². The number of carbonyl (C=O) groups excluding carboxylic acids is 2. The maximum atomic E-state index is 12.0. The molecule has 1 heterocycles. The monoisotopic (exact) mass is 364 g/mol. The summed E-state index contributed by atoms with van der Waals surface area (Å²) in [6, 6.07) is 7.60. The molecule has 25 heavy (non-hydrogen) atoms. The van der Waals surface area contributed by atoms with E-state index in [-0.39, 0.29) is 11.4 Å². The summed E-state index contributed by atoms with van der Waals surface area (Å²) in [6.45, 7) is 5.47. The predicted molar refractivity (Wildman–Crippen MR) is 96.6 cm³/mol. The van der Waals surface area contributed by atoms with Gasteiger partial charge in [-0.25, -0.2) is 9.78 Å². The highest BCUT2D eigenvalue weighted by molar-refractivity contribution is 6.30. The zero-order valence-corrected chi connectivity index (χ0v) is 15.3. The number of ether oxygens (including phenoxy) is 1. The van der Waals surface area contributed by atoms with Gasteiger partial charge in [-0.15, -0.1) is 0 Å². The van der Waals surface area contributed by atoms with E-state index in [1.54, 1.807) is 24.3 Å². The fourth-order valence-electron chi connectivity index (χ4n) is 1.95. The van der Waals surface area contributed by atoms with E-state index >= 15 is 0 Å². The van der Waals surface area contributed by atoms with Crippen molar-refractivity contribution in [3.63, 3.8) is 0 Å². The van der Waals surface area contributed by atoms with Gasteiger partial charge in [0.15, 0.2) is 5.69 Å². The molecule has 7 heteroatoms. The second kappa shape index (κ2) is 9.64. The summed E-state index contributed by atoms with van der Waals surface area (Å²) < 4.78 is 4.52. The van der Waals surface area contributed by atoms with Crippen molar-refractivity contribution in [3.05, 3.63) is 47.2 Å². The van der Waals surface area contributed by atoms with Crippen molar-refractivity contribution in [2.75, 3.05) is 7.11 Å². The minimum atomic E-state index is -0.846. The van der Waals surface area contributed by atoms with Crippen LogP contribution in [-0.4, -0.2) is 35.1 Å². The Balaban J connectivity index is 0.00000151. The van der Waals surface area contributed by atoms with E-state index in [1.807, 2.05) is 13.8 Å². The molecule has 0 spiro atoms.